The molecule has 0 atom stereocenters. The van der Waals surface area contributed by atoms with E-state index in [9.17, 15) is 9.59 Å². The minimum Gasteiger partial charge on any atom is -0.477 e. The quantitative estimate of drug-likeness (QED) is 0.841. The summed E-state index contributed by atoms with van der Waals surface area (Å²) in [6.07, 6.45) is 1.26. The Morgan fingerprint density at radius 1 is 1.53 bits per heavy atom. The molecule has 0 aliphatic rings. The first-order valence-electron chi connectivity index (χ1n) is 5.35. The molecule has 94 valence electrons. The molecule has 0 aliphatic heterocycles. The van der Waals surface area contributed by atoms with Gasteiger partial charge in [0.05, 0.1) is 6.20 Å². The molecule has 1 heterocycles. The predicted octanol–water partition coefficient (Wildman–Crippen LogP) is 0.757. The van der Waals surface area contributed by atoms with E-state index in [0.717, 1.165) is 0 Å². The summed E-state index contributed by atoms with van der Waals surface area (Å²) in [5.41, 5.74) is 0.0352. The number of rotatable bonds is 4. The lowest BCUT2D eigenvalue weighted by molar-refractivity contribution is -0.132. The Morgan fingerprint density at radius 2 is 2.12 bits per heavy atom. The van der Waals surface area contributed by atoms with Crippen molar-refractivity contribution in [1.82, 2.24) is 14.5 Å². The van der Waals surface area contributed by atoms with Crippen molar-refractivity contribution in [2.24, 2.45) is 0 Å². The summed E-state index contributed by atoms with van der Waals surface area (Å²) in [6.45, 7) is 5.48. The second-order valence-electron chi connectivity index (χ2n) is 4.18. The number of carbonyl (C=O) groups is 2. The number of nitrogens with zero attached hydrogens (tertiary/aromatic N) is 3. The Labute approximate surface area is 99.9 Å². The molecule has 0 radical (unpaired) electrons. The van der Waals surface area contributed by atoms with Crippen LogP contribution in [0.4, 0.5) is 0 Å². The van der Waals surface area contributed by atoms with Crippen LogP contribution in [0.1, 0.15) is 30.2 Å². The van der Waals surface area contributed by atoms with Gasteiger partial charge in [-0.1, -0.05) is 0 Å². The normalized spacial score (nSPS) is 10.6. The highest BCUT2D eigenvalue weighted by Crippen LogP contribution is 2.06. The van der Waals surface area contributed by atoms with E-state index in [-0.39, 0.29) is 24.2 Å². The maximum Gasteiger partial charge on any atom is 0.354 e. The zero-order chi connectivity index (χ0) is 13.2. The summed E-state index contributed by atoms with van der Waals surface area (Å²) < 4.78 is 1.41. The molecule has 1 aromatic heterocycles. The average molecular weight is 239 g/mol. The Bertz CT molecular complexity index is 437. The zero-order valence-electron chi connectivity index (χ0n) is 10.5. The number of aromatic nitrogens is 2. The summed E-state index contributed by atoms with van der Waals surface area (Å²) >= 11 is 0. The number of likely N-dealkylation sites (N-methyl/N-ethyl adjacent to an activating group) is 1. The van der Waals surface area contributed by atoms with Crippen LogP contribution in [0.5, 0.6) is 0 Å². The number of carboxylic acids is 1. The van der Waals surface area contributed by atoms with E-state index in [1.54, 1.807) is 18.9 Å². The van der Waals surface area contributed by atoms with Crippen molar-refractivity contribution in [3.8, 4) is 0 Å². The fourth-order valence-electron chi connectivity index (χ4n) is 1.37. The van der Waals surface area contributed by atoms with Crippen LogP contribution in [0.2, 0.25) is 0 Å². The first-order chi connectivity index (χ1) is 7.84. The van der Waals surface area contributed by atoms with E-state index in [2.05, 4.69) is 4.98 Å². The maximum absolute atomic E-state index is 11.9. The van der Waals surface area contributed by atoms with E-state index in [1.165, 1.54) is 10.8 Å². The Kier molecular flexibility index (Phi) is 3.88. The molecule has 1 amide bonds. The van der Waals surface area contributed by atoms with Gasteiger partial charge in [-0.25, -0.2) is 9.78 Å². The molecule has 1 rings (SSSR count). The van der Waals surface area contributed by atoms with Gasteiger partial charge in [-0.3, -0.25) is 4.79 Å². The van der Waals surface area contributed by atoms with Crippen molar-refractivity contribution in [1.29, 1.82) is 0 Å². The lowest BCUT2D eigenvalue weighted by Gasteiger charge is -2.22. The number of aryl methyl sites for hydroxylation is 1. The molecule has 0 spiro atoms. The van der Waals surface area contributed by atoms with Gasteiger partial charge >= 0.3 is 5.97 Å². The summed E-state index contributed by atoms with van der Waals surface area (Å²) in [7, 11) is 1.69. The van der Waals surface area contributed by atoms with Crippen LogP contribution in [0.15, 0.2) is 6.20 Å². The van der Waals surface area contributed by atoms with Crippen molar-refractivity contribution < 1.29 is 14.7 Å². The van der Waals surface area contributed by atoms with Crippen LogP contribution in [-0.4, -0.2) is 44.5 Å². The highest BCUT2D eigenvalue weighted by molar-refractivity contribution is 5.86. The minimum absolute atomic E-state index is 0.00213. The van der Waals surface area contributed by atoms with Crippen LogP contribution in [0, 0.1) is 6.92 Å². The Balaban J connectivity index is 2.92. The van der Waals surface area contributed by atoms with E-state index in [1.807, 2.05) is 13.8 Å². The third-order valence-corrected chi connectivity index (χ3v) is 2.74. The van der Waals surface area contributed by atoms with Gasteiger partial charge in [-0.2, -0.15) is 0 Å². The number of hydrogen-bond acceptors (Lipinski definition) is 3. The number of aromatic carboxylic acids is 1. The molecule has 6 heteroatoms. The maximum atomic E-state index is 11.9. The summed E-state index contributed by atoms with van der Waals surface area (Å²) in [5.74, 6) is -0.692. The fourth-order valence-corrected chi connectivity index (χ4v) is 1.37. The topological polar surface area (TPSA) is 75.4 Å². The Morgan fingerprint density at radius 3 is 2.59 bits per heavy atom. The molecule has 1 aromatic rings. The number of hydrogen-bond donors (Lipinski definition) is 1. The zero-order valence-corrected chi connectivity index (χ0v) is 10.5. The molecule has 0 saturated carbocycles. The highest BCUT2D eigenvalue weighted by Gasteiger charge is 2.18. The Hall–Kier alpha value is -1.85. The van der Waals surface area contributed by atoms with Gasteiger partial charge in [-0.05, 0) is 20.8 Å². The molecule has 0 saturated heterocycles. The molecule has 0 fully saturated rings. The van der Waals surface area contributed by atoms with Gasteiger partial charge in [0, 0.05) is 13.1 Å². The fraction of sp³-hybridized carbons (Fsp3) is 0.545. The molecular weight excluding hydrogens is 222 g/mol. The second-order valence-corrected chi connectivity index (χ2v) is 4.18. The lowest BCUT2D eigenvalue weighted by atomic mass is 10.3. The predicted molar refractivity (Wildman–Crippen MR) is 61.8 cm³/mol. The van der Waals surface area contributed by atoms with Crippen LogP contribution >= 0.6 is 0 Å². The largest absolute Gasteiger partial charge is 0.477 e. The highest BCUT2D eigenvalue weighted by atomic mass is 16.4. The molecule has 1 N–H and O–H groups in total. The molecule has 0 aromatic carbocycles. The first kappa shape index (κ1) is 13.2. The standard InChI is InChI=1S/C11H17N3O3/c1-7(2)13(4)10(15)6-14-8(3)12-5-9(14)11(16)17/h5,7H,6H2,1-4H3,(H,16,17). The van der Waals surface area contributed by atoms with Crippen molar-refractivity contribution in [3.63, 3.8) is 0 Å². The van der Waals surface area contributed by atoms with Crippen LogP contribution < -0.4 is 0 Å². The van der Waals surface area contributed by atoms with E-state index < -0.39 is 5.97 Å². The van der Waals surface area contributed by atoms with Crippen LogP contribution in [0.3, 0.4) is 0 Å². The number of imidazole rings is 1. The van der Waals surface area contributed by atoms with Crippen molar-refractivity contribution >= 4 is 11.9 Å². The van der Waals surface area contributed by atoms with Gasteiger partial charge in [0.2, 0.25) is 5.91 Å². The van der Waals surface area contributed by atoms with Crippen molar-refractivity contribution in [2.75, 3.05) is 7.05 Å². The molecule has 0 bridgehead atoms. The van der Waals surface area contributed by atoms with E-state index in [0.29, 0.717) is 5.82 Å². The molecule has 17 heavy (non-hydrogen) atoms. The molecular formula is C11H17N3O3. The van der Waals surface area contributed by atoms with Gasteiger partial charge in [0.25, 0.3) is 0 Å². The number of carboxylic acid groups (broad SMARTS) is 1. The third-order valence-electron chi connectivity index (χ3n) is 2.74. The van der Waals surface area contributed by atoms with Gasteiger partial charge < -0.3 is 14.6 Å². The van der Waals surface area contributed by atoms with Crippen LogP contribution in [0.25, 0.3) is 0 Å². The van der Waals surface area contributed by atoms with E-state index in [4.69, 9.17) is 5.11 Å². The van der Waals surface area contributed by atoms with Gasteiger partial charge in [0.1, 0.15) is 18.1 Å². The molecule has 0 aliphatic carbocycles. The summed E-state index contributed by atoms with van der Waals surface area (Å²) in [4.78, 5) is 28.3. The minimum atomic E-state index is -1.08. The monoisotopic (exact) mass is 239 g/mol. The average Bonchev–Trinajstić information content (AvgIpc) is 2.59. The summed E-state index contributed by atoms with van der Waals surface area (Å²) in [5, 5.41) is 8.95. The lowest BCUT2D eigenvalue weighted by Crippen LogP contribution is -2.36. The van der Waals surface area contributed by atoms with Crippen molar-refractivity contribution in [3.05, 3.63) is 17.7 Å². The molecule has 6 nitrogen and oxygen atoms in total. The number of carbonyl (C=O) groups excluding carboxylic acids is 1. The summed E-state index contributed by atoms with van der Waals surface area (Å²) in [6, 6.07) is 0.0830. The van der Waals surface area contributed by atoms with Gasteiger partial charge in [-0.15, -0.1) is 0 Å². The number of amides is 1. The third kappa shape index (κ3) is 2.83. The second kappa shape index (κ2) is 4.99. The molecule has 0 unspecified atom stereocenters. The first-order valence-corrected chi connectivity index (χ1v) is 5.35. The SMILES string of the molecule is Cc1ncc(C(=O)O)n1CC(=O)N(C)C(C)C. The van der Waals surface area contributed by atoms with Gasteiger partial charge in [0.15, 0.2) is 0 Å². The van der Waals surface area contributed by atoms with Crippen molar-refractivity contribution in [2.45, 2.75) is 33.4 Å². The smallest absolute Gasteiger partial charge is 0.354 e. The van der Waals surface area contributed by atoms with E-state index >= 15 is 0 Å². The van der Waals surface area contributed by atoms with Crippen LogP contribution in [-0.2, 0) is 11.3 Å².